The highest BCUT2D eigenvalue weighted by Crippen LogP contribution is 2.65. The molecule has 4 bridgehead atoms. The maximum atomic E-state index is 13.2. The van der Waals surface area contributed by atoms with E-state index in [1.807, 2.05) is 0 Å². The molecule has 6 fully saturated rings. The quantitative estimate of drug-likeness (QED) is 0.139. The van der Waals surface area contributed by atoms with Crippen LogP contribution < -0.4 is 5.32 Å². The van der Waals surface area contributed by atoms with Gasteiger partial charge in [-0.15, -0.1) is 0 Å². The van der Waals surface area contributed by atoms with Gasteiger partial charge in [0.05, 0.1) is 32.0 Å². The summed E-state index contributed by atoms with van der Waals surface area (Å²) in [5.41, 5.74) is 0.0887. The third-order valence-electron chi connectivity index (χ3n) is 11.3. The van der Waals surface area contributed by atoms with E-state index in [-0.39, 0.29) is 24.5 Å². The van der Waals surface area contributed by atoms with E-state index < -0.39 is 74.4 Å². The number of aliphatic hydroxyl groups is 6. The molecule has 12 nitrogen and oxygen atoms in total. The molecule has 248 valence electrons. The van der Waals surface area contributed by atoms with Crippen molar-refractivity contribution in [2.75, 3.05) is 26.4 Å². The van der Waals surface area contributed by atoms with Gasteiger partial charge in [-0.25, -0.2) is 0 Å². The van der Waals surface area contributed by atoms with Crippen molar-refractivity contribution in [2.45, 2.75) is 127 Å². The predicted octanol–water partition coefficient (Wildman–Crippen LogP) is 0.0413. The van der Waals surface area contributed by atoms with Crippen LogP contribution in [0.25, 0.3) is 0 Å². The summed E-state index contributed by atoms with van der Waals surface area (Å²) in [7, 11) is 0. The summed E-state index contributed by atoms with van der Waals surface area (Å²) in [4.78, 5) is 13.2. The fourth-order valence-electron chi connectivity index (χ4n) is 9.04. The van der Waals surface area contributed by atoms with Crippen LogP contribution in [-0.2, 0) is 23.7 Å². The van der Waals surface area contributed by atoms with Gasteiger partial charge in [0.1, 0.15) is 30.5 Å². The highest BCUT2D eigenvalue weighted by atomic mass is 16.7. The first-order valence-electron chi connectivity index (χ1n) is 16.4. The van der Waals surface area contributed by atoms with Crippen molar-refractivity contribution in [1.82, 2.24) is 5.32 Å². The number of carbonyl (C=O) groups excluding carboxylic acids is 1. The first kappa shape index (κ1) is 33.4. The lowest BCUT2D eigenvalue weighted by Gasteiger charge is -2.61. The molecular formula is C31H53NO11. The zero-order valence-electron chi connectivity index (χ0n) is 25.5. The number of amides is 1. The number of hydrogen-bond acceptors (Lipinski definition) is 11. The topological polar surface area (TPSA) is 187 Å². The summed E-state index contributed by atoms with van der Waals surface area (Å²) in [5.74, 6) is 2.40. The average Bonchev–Trinajstić information content (AvgIpc) is 2.99. The third-order valence-corrected chi connectivity index (χ3v) is 11.3. The Bertz CT molecular complexity index is 890. The molecule has 4 unspecified atom stereocenters. The number of unbranched alkanes of at least 4 members (excludes halogenated alkanes) is 1. The molecule has 6 rings (SSSR count). The first-order valence-corrected chi connectivity index (χ1v) is 16.4. The molecule has 4 aliphatic carbocycles. The zero-order chi connectivity index (χ0) is 30.9. The largest absolute Gasteiger partial charge is 0.394 e. The Balaban J connectivity index is 1.11. The Morgan fingerprint density at radius 1 is 0.860 bits per heavy atom. The molecule has 10 atom stereocenters. The molecule has 0 aromatic heterocycles. The van der Waals surface area contributed by atoms with Gasteiger partial charge in [0, 0.05) is 18.9 Å². The van der Waals surface area contributed by atoms with Gasteiger partial charge in [-0.1, -0.05) is 26.7 Å². The maximum Gasteiger partial charge on any atom is 0.220 e. The lowest BCUT2D eigenvalue weighted by Crippen LogP contribution is -2.63. The van der Waals surface area contributed by atoms with E-state index in [2.05, 4.69) is 12.2 Å². The lowest BCUT2D eigenvalue weighted by molar-refractivity contribution is -0.355. The van der Waals surface area contributed by atoms with E-state index in [1.54, 1.807) is 6.92 Å². The van der Waals surface area contributed by atoms with E-state index >= 15 is 0 Å². The molecular weight excluding hydrogens is 562 g/mol. The fourth-order valence-corrected chi connectivity index (χ4v) is 9.04. The molecule has 2 saturated heterocycles. The van der Waals surface area contributed by atoms with Gasteiger partial charge in [-0.05, 0) is 67.6 Å². The molecule has 4 saturated carbocycles. The Hall–Kier alpha value is -0.930. The Morgan fingerprint density at radius 2 is 1.47 bits per heavy atom. The smallest absolute Gasteiger partial charge is 0.220 e. The van der Waals surface area contributed by atoms with E-state index in [0.717, 1.165) is 31.1 Å². The Kier molecular flexibility index (Phi) is 11.1. The SMILES string of the molecule is CCCCC1(CC(=O)NCCO[C@H]2OC(CO)[C@H](O[C@@H]3OC(CO)[C@H](C)C(O)[C@H]3O)C(O)[C@H]2O)C2CC3CC(C2)CC1C3. The normalized spacial score (nSPS) is 47.5. The first-order chi connectivity index (χ1) is 20.6. The van der Waals surface area contributed by atoms with E-state index in [0.29, 0.717) is 18.3 Å². The van der Waals surface area contributed by atoms with Gasteiger partial charge in [0.2, 0.25) is 5.91 Å². The maximum absolute atomic E-state index is 13.2. The molecule has 7 N–H and O–H groups in total. The van der Waals surface area contributed by atoms with Crippen molar-refractivity contribution in [3.63, 3.8) is 0 Å². The molecule has 2 heterocycles. The number of nitrogens with one attached hydrogen (secondary N) is 1. The molecule has 0 radical (unpaired) electrons. The zero-order valence-corrected chi connectivity index (χ0v) is 25.5. The highest BCUT2D eigenvalue weighted by molar-refractivity contribution is 5.76. The number of rotatable bonds is 13. The molecule has 2 aliphatic heterocycles. The molecule has 0 spiro atoms. The summed E-state index contributed by atoms with van der Waals surface area (Å²) in [6.07, 6.45) is -1.58. The second-order valence-electron chi connectivity index (χ2n) is 13.9. The van der Waals surface area contributed by atoms with Crippen molar-refractivity contribution >= 4 is 5.91 Å². The van der Waals surface area contributed by atoms with E-state index in [9.17, 15) is 35.4 Å². The van der Waals surface area contributed by atoms with Crippen LogP contribution in [0.2, 0.25) is 0 Å². The minimum atomic E-state index is -1.58. The highest BCUT2D eigenvalue weighted by Gasteiger charge is 2.57. The molecule has 0 aromatic carbocycles. The lowest BCUT2D eigenvalue weighted by atomic mass is 9.43. The van der Waals surface area contributed by atoms with E-state index in [4.69, 9.17) is 18.9 Å². The average molecular weight is 616 g/mol. The standard InChI is InChI=1S/C31H53NO11/c1-3-4-5-31(19-9-17-8-18(11-19)12-20(31)10-17)13-23(35)32-6-7-40-29-27(39)25(37)28(22(15-34)42-29)43-30-26(38)24(36)16(2)21(14-33)41-30/h16-22,24-30,33-34,36-39H,3-15H2,1-2H3,(H,32,35)/t16-,17?,18?,19?,20?,21?,22?,24?,25?,26+,27+,28-,29-,30-,31?/m0/s1. The van der Waals surface area contributed by atoms with Crippen molar-refractivity contribution < 1.29 is 54.4 Å². The molecule has 12 heteroatoms. The van der Waals surface area contributed by atoms with E-state index in [1.165, 1.54) is 32.1 Å². The summed E-state index contributed by atoms with van der Waals surface area (Å²) < 4.78 is 22.6. The summed E-state index contributed by atoms with van der Waals surface area (Å²) in [6, 6.07) is 0. The second kappa shape index (κ2) is 14.2. The van der Waals surface area contributed by atoms with Crippen molar-refractivity contribution in [3.05, 3.63) is 0 Å². The van der Waals surface area contributed by atoms with Gasteiger partial charge >= 0.3 is 0 Å². The van der Waals surface area contributed by atoms with Crippen LogP contribution in [0.3, 0.4) is 0 Å². The predicted molar refractivity (Wildman–Crippen MR) is 152 cm³/mol. The van der Waals surface area contributed by atoms with Gasteiger partial charge in [-0.3, -0.25) is 4.79 Å². The minimum Gasteiger partial charge on any atom is -0.394 e. The summed E-state index contributed by atoms with van der Waals surface area (Å²) in [5, 5.41) is 64.8. The molecule has 43 heavy (non-hydrogen) atoms. The fraction of sp³-hybridized carbons (Fsp3) is 0.968. The van der Waals surface area contributed by atoms with Gasteiger partial charge in [0.25, 0.3) is 0 Å². The third kappa shape index (κ3) is 6.79. The van der Waals surface area contributed by atoms with Crippen LogP contribution in [0.1, 0.15) is 71.6 Å². The second-order valence-corrected chi connectivity index (χ2v) is 13.9. The molecule has 1 amide bonds. The monoisotopic (exact) mass is 615 g/mol. The van der Waals surface area contributed by atoms with Gasteiger partial charge in [0.15, 0.2) is 12.6 Å². The number of ether oxygens (including phenoxy) is 4. The van der Waals surface area contributed by atoms with Gasteiger partial charge in [-0.2, -0.15) is 0 Å². The Labute approximate surface area is 254 Å². The van der Waals surface area contributed by atoms with Gasteiger partial charge < -0.3 is 54.9 Å². The van der Waals surface area contributed by atoms with Crippen LogP contribution in [0, 0.1) is 35.0 Å². The summed E-state index contributed by atoms with van der Waals surface area (Å²) >= 11 is 0. The molecule has 0 aromatic rings. The number of hydrogen-bond donors (Lipinski definition) is 7. The number of carbonyl (C=O) groups is 1. The van der Waals surface area contributed by atoms with Crippen LogP contribution in [-0.4, -0.2) is 118 Å². The Morgan fingerprint density at radius 3 is 2.07 bits per heavy atom. The van der Waals surface area contributed by atoms with Crippen molar-refractivity contribution in [2.24, 2.45) is 35.0 Å². The van der Waals surface area contributed by atoms with Crippen LogP contribution in [0.5, 0.6) is 0 Å². The molecule has 6 aliphatic rings. The van der Waals surface area contributed by atoms with Crippen LogP contribution in [0.4, 0.5) is 0 Å². The number of aliphatic hydroxyl groups excluding tert-OH is 6. The van der Waals surface area contributed by atoms with Crippen molar-refractivity contribution in [3.8, 4) is 0 Å². The summed E-state index contributed by atoms with van der Waals surface area (Å²) in [6.45, 7) is 3.03. The minimum absolute atomic E-state index is 0.0164. The van der Waals surface area contributed by atoms with Crippen LogP contribution in [0.15, 0.2) is 0 Å². The van der Waals surface area contributed by atoms with Crippen LogP contribution >= 0.6 is 0 Å². The van der Waals surface area contributed by atoms with Crippen molar-refractivity contribution in [1.29, 1.82) is 0 Å².